The maximum atomic E-state index is 14.5. The molecule has 1 aliphatic rings. The van der Waals surface area contributed by atoms with Crippen molar-refractivity contribution in [1.29, 1.82) is 0 Å². The molecule has 0 aliphatic heterocycles. The predicted octanol–water partition coefficient (Wildman–Crippen LogP) is 6.09. The number of thiazole rings is 1. The number of carbonyl (C=O) groups is 2. The summed E-state index contributed by atoms with van der Waals surface area (Å²) in [6.45, 7) is 1.86. The van der Waals surface area contributed by atoms with Crippen LogP contribution >= 0.6 is 11.3 Å². The van der Waals surface area contributed by atoms with Crippen LogP contribution in [0.4, 0.5) is 18.3 Å². The highest BCUT2D eigenvalue weighted by Crippen LogP contribution is 2.32. The topological polar surface area (TPSA) is 80.3 Å². The molecular weight excluding hydrogens is 503 g/mol. The number of alkyl halides is 1. The highest BCUT2D eigenvalue weighted by atomic mass is 32.1. The van der Waals surface area contributed by atoms with E-state index in [9.17, 15) is 22.8 Å². The van der Waals surface area contributed by atoms with Crippen LogP contribution in [-0.4, -0.2) is 28.9 Å². The van der Waals surface area contributed by atoms with Gasteiger partial charge < -0.3 is 15.4 Å². The molecule has 1 heterocycles. The van der Waals surface area contributed by atoms with Crippen LogP contribution in [-0.2, 0) is 20.9 Å². The molecule has 0 spiro atoms. The molecule has 2 atom stereocenters. The lowest BCUT2D eigenvalue weighted by Crippen LogP contribution is -2.43. The summed E-state index contributed by atoms with van der Waals surface area (Å²) < 4.78 is 47.3. The van der Waals surface area contributed by atoms with Crippen LogP contribution in [0.2, 0.25) is 0 Å². The number of anilines is 1. The molecule has 0 bridgehead atoms. The Kier molecular flexibility index (Phi) is 8.94. The number of nitrogens with zero attached hydrogens (tertiary/aromatic N) is 1. The number of benzene rings is 2. The van der Waals surface area contributed by atoms with E-state index >= 15 is 0 Å². The Morgan fingerprint density at radius 2 is 1.78 bits per heavy atom. The van der Waals surface area contributed by atoms with E-state index in [0.29, 0.717) is 17.8 Å². The van der Waals surface area contributed by atoms with E-state index < -0.39 is 41.2 Å². The first-order valence-electron chi connectivity index (χ1n) is 12.2. The number of hydrogen-bond donors (Lipinski definition) is 2. The van der Waals surface area contributed by atoms with Gasteiger partial charge in [0.2, 0.25) is 12.1 Å². The first-order valence-corrected chi connectivity index (χ1v) is 13.0. The summed E-state index contributed by atoms with van der Waals surface area (Å²) in [7, 11) is 0. The van der Waals surface area contributed by atoms with Gasteiger partial charge in [-0.3, -0.25) is 9.59 Å². The maximum Gasteiger partial charge on any atom is 0.259 e. The summed E-state index contributed by atoms with van der Waals surface area (Å²) >= 11 is 1.26. The van der Waals surface area contributed by atoms with Gasteiger partial charge in [0.15, 0.2) is 5.13 Å². The van der Waals surface area contributed by atoms with Gasteiger partial charge in [-0.2, -0.15) is 0 Å². The fraction of sp³-hybridized carbons (Fsp3) is 0.370. The predicted molar refractivity (Wildman–Crippen MR) is 136 cm³/mol. The fourth-order valence-electron chi connectivity index (χ4n) is 4.22. The highest BCUT2D eigenvalue weighted by Gasteiger charge is 2.25. The van der Waals surface area contributed by atoms with Crippen LogP contribution in [0.5, 0.6) is 0 Å². The average molecular weight is 532 g/mol. The molecule has 2 aromatic carbocycles. The van der Waals surface area contributed by atoms with Crippen molar-refractivity contribution in [3.8, 4) is 10.4 Å². The normalized spacial score (nSPS) is 15.7. The summed E-state index contributed by atoms with van der Waals surface area (Å²) in [5.41, 5.74) is 1.51. The lowest BCUT2D eigenvalue weighted by Gasteiger charge is -2.22. The molecule has 1 saturated carbocycles. The van der Waals surface area contributed by atoms with Crippen LogP contribution in [0.15, 0.2) is 48.7 Å². The van der Waals surface area contributed by atoms with E-state index in [2.05, 4.69) is 15.6 Å². The number of amides is 2. The van der Waals surface area contributed by atoms with E-state index in [-0.39, 0.29) is 6.10 Å². The molecule has 2 amide bonds. The van der Waals surface area contributed by atoms with Crippen molar-refractivity contribution in [3.63, 3.8) is 0 Å². The zero-order valence-corrected chi connectivity index (χ0v) is 21.1. The Hall–Kier alpha value is -3.24. The lowest BCUT2D eigenvalue weighted by atomic mass is 9.97. The Labute approximate surface area is 217 Å². The van der Waals surface area contributed by atoms with E-state index in [0.717, 1.165) is 41.0 Å². The SMILES string of the molecule is C[C@H](NC(=O)[C@@H](F)c1cc(F)cc(F)c1)C(=O)Nc1ncc(-c2ccccc2COC2CCCCC2)s1. The minimum absolute atomic E-state index is 0.277. The third kappa shape index (κ3) is 7.17. The minimum atomic E-state index is -2.33. The molecule has 1 aliphatic carbocycles. The number of carbonyl (C=O) groups excluding carboxylic acids is 2. The van der Waals surface area contributed by atoms with E-state index in [1.54, 1.807) is 6.20 Å². The molecule has 0 radical (unpaired) electrons. The van der Waals surface area contributed by atoms with Gasteiger partial charge >= 0.3 is 0 Å². The number of hydrogen-bond acceptors (Lipinski definition) is 5. The Balaban J connectivity index is 1.35. The standard InChI is InChI=1S/C27H28F3N3O3S/c1-16(32-26(35)24(30)18-11-19(28)13-20(29)12-18)25(34)33-27-31-14-23(37-27)22-10-6-5-7-17(22)15-36-21-8-3-2-4-9-21/h5-7,10-14,16,21,24H,2-4,8-9,15H2,1H3,(H,32,35)(H,31,33,34)/t16-,24-/m0/s1. The summed E-state index contributed by atoms with van der Waals surface area (Å²) in [5, 5.41) is 5.15. The number of ether oxygens (including phenoxy) is 1. The number of halogens is 3. The van der Waals surface area contributed by atoms with Gasteiger partial charge in [-0.25, -0.2) is 18.2 Å². The van der Waals surface area contributed by atoms with Crippen LogP contribution in [0, 0.1) is 11.6 Å². The summed E-state index contributed by atoms with van der Waals surface area (Å²) in [6, 6.07) is 8.77. The molecular formula is C27H28F3N3O3S. The second-order valence-corrected chi connectivity index (χ2v) is 10.1. The van der Waals surface area contributed by atoms with Crippen molar-refractivity contribution < 1.29 is 27.5 Å². The van der Waals surface area contributed by atoms with Crippen LogP contribution < -0.4 is 10.6 Å². The maximum absolute atomic E-state index is 14.5. The van der Waals surface area contributed by atoms with Crippen molar-refractivity contribution in [2.24, 2.45) is 0 Å². The number of aromatic nitrogens is 1. The number of nitrogens with one attached hydrogen (secondary N) is 2. The molecule has 1 aromatic heterocycles. The fourth-order valence-corrected chi connectivity index (χ4v) is 5.10. The third-order valence-electron chi connectivity index (χ3n) is 6.21. The van der Waals surface area contributed by atoms with Crippen LogP contribution in [0.25, 0.3) is 10.4 Å². The Morgan fingerprint density at radius 3 is 2.51 bits per heavy atom. The van der Waals surface area contributed by atoms with Crippen molar-refractivity contribution in [1.82, 2.24) is 10.3 Å². The van der Waals surface area contributed by atoms with Gasteiger partial charge in [-0.15, -0.1) is 0 Å². The lowest BCUT2D eigenvalue weighted by molar-refractivity contribution is -0.129. The van der Waals surface area contributed by atoms with Crippen molar-refractivity contribution in [3.05, 3.63) is 71.4 Å². The smallest absolute Gasteiger partial charge is 0.259 e. The zero-order valence-electron chi connectivity index (χ0n) is 20.3. The van der Waals surface area contributed by atoms with Gasteiger partial charge in [0, 0.05) is 17.8 Å². The summed E-state index contributed by atoms with van der Waals surface area (Å²) in [5.74, 6) is -3.80. The second-order valence-electron chi connectivity index (χ2n) is 9.04. The van der Waals surface area contributed by atoms with Crippen molar-refractivity contribution in [2.75, 3.05) is 5.32 Å². The third-order valence-corrected chi connectivity index (χ3v) is 7.15. The Bertz CT molecular complexity index is 1230. The molecule has 37 heavy (non-hydrogen) atoms. The molecule has 0 saturated heterocycles. The van der Waals surface area contributed by atoms with Gasteiger partial charge in [-0.1, -0.05) is 54.9 Å². The molecule has 3 aromatic rings. The van der Waals surface area contributed by atoms with Gasteiger partial charge in [0.05, 0.1) is 17.6 Å². The highest BCUT2D eigenvalue weighted by molar-refractivity contribution is 7.19. The molecule has 2 N–H and O–H groups in total. The van der Waals surface area contributed by atoms with Gasteiger partial charge in [0.25, 0.3) is 5.91 Å². The largest absolute Gasteiger partial charge is 0.374 e. The van der Waals surface area contributed by atoms with Crippen LogP contribution in [0.3, 0.4) is 0 Å². The summed E-state index contributed by atoms with van der Waals surface area (Å²) in [4.78, 5) is 29.9. The second kappa shape index (κ2) is 12.3. The van der Waals surface area contributed by atoms with E-state index in [1.165, 1.54) is 37.5 Å². The molecule has 6 nitrogen and oxygen atoms in total. The Morgan fingerprint density at radius 1 is 1.08 bits per heavy atom. The first-order chi connectivity index (χ1) is 17.8. The van der Waals surface area contributed by atoms with Crippen molar-refractivity contribution >= 4 is 28.3 Å². The van der Waals surface area contributed by atoms with E-state index in [1.807, 2.05) is 24.3 Å². The molecule has 196 valence electrons. The monoisotopic (exact) mass is 531 g/mol. The quantitative estimate of drug-likeness (QED) is 0.350. The minimum Gasteiger partial charge on any atom is -0.374 e. The van der Waals surface area contributed by atoms with Crippen LogP contribution in [0.1, 0.15) is 56.3 Å². The van der Waals surface area contributed by atoms with Gasteiger partial charge in [0.1, 0.15) is 17.7 Å². The molecule has 1 fully saturated rings. The first kappa shape index (κ1) is 26.8. The molecule has 10 heteroatoms. The van der Waals surface area contributed by atoms with Crippen molar-refractivity contribution in [2.45, 2.75) is 64.0 Å². The van der Waals surface area contributed by atoms with Gasteiger partial charge in [-0.05, 0) is 43.0 Å². The zero-order chi connectivity index (χ0) is 26.4. The molecule has 4 rings (SSSR count). The number of rotatable bonds is 9. The average Bonchev–Trinajstić information content (AvgIpc) is 3.35. The summed E-state index contributed by atoms with van der Waals surface area (Å²) in [6.07, 6.45) is 5.40. The molecule has 0 unspecified atom stereocenters. The van der Waals surface area contributed by atoms with E-state index in [4.69, 9.17) is 4.74 Å².